The summed E-state index contributed by atoms with van der Waals surface area (Å²) in [7, 11) is 0. The van der Waals surface area contributed by atoms with Gasteiger partial charge in [-0.15, -0.1) is 0 Å². The van der Waals surface area contributed by atoms with Crippen molar-refractivity contribution in [1.29, 1.82) is 0 Å². The number of aromatic nitrogens is 1. The molecular weight excluding hydrogens is 278 g/mol. The molecular formula is C16H15N5O. The summed E-state index contributed by atoms with van der Waals surface area (Å²) in [6, 6.07) is 15.0. The molecule has 6 heteroatoms. The number of amides is 1. The molecule has 3 aromatic rings. The second kappa shape index (κ2) is 5.25. The first kappa shape index (κ1) is 13.7. The zero-order valence-electron chi connectivity index (χ0n) is 11.7. The Morgan fingerprint density at radius 2 is 1.68 bits per heavy atom. The number of amidine groups is 1. The van der Waals surface area contributed by atoms with E-state index in [1.165, 1.54) is 0 Å². The molecule has 0 bridgehead atoms. The number of para-hydroxylation sites is 1. The van der Waals surface area contributed by atoms with Crippen molar-refractivity contribution in [2.75, 3.05) is 0 Å². The summed E-state index contributed by atoms with van der Waals surface area (Å²) in [5.74, 6) is 4.98. The van der Waals surface area contributed by atoms with E-state index in [0.717, 1.165) is 22.2 Å². The van der Waals surface area contributed by atoms with Gasteiger partial charge in [-0.05, 0) is 30.3 Å². The number of carbonyl (C=O) groups excluding carboxylic acids is 1. The van der Waals surface area contributed by atoms with Crippen LogP contribution in [0.3, 0.4) is 0 Å². The van der Waals surface area contributed by atoms with Crippen LogP contribution in [0.4, 0.5) is 0 Å². The third-order valence-electron chi connectivity index (χ3n) is 3.56. The highest BCUT2D eigenvalue weighted by molar-refractivity contribution is 6.06. The fraction of sp³-hybridized carbons (Fsp3) is 0. The molecule has 0 spiro atoms. The number of rotatable bonds is 3. The summed E-state index contributed by atoms with van der Waals surface area (Å²) >= 11 is 0. The van der Waals surface area contributed by atoms with E-state index >= 15 is 0 Å². The number of primary amides is 1. The average molecular weight is 293 g/mol. The number of fused-ring (bicyclic) bond motifs is 1. The van der Waals surface area contributed by atoms with Crippen molar-refractivity contribution in [3.63, 3.8) is 0 Å². The van der Waals surface area contributed by atoms with Gasteiger partial charge in [-0.25, -0.2) is 0 Å². The van der Waals surface area contributed by atoms with E-state index in [-0.39, 0.29) is 5.84 Å². The van der Waals surface area contributed by atoms with E-state index in [1.54, 1.807) is 6.20 Å². The highest BCUT2D eigenvalue weighted by atomic mass is 16.1. The molecule has 1 amide bonds. The predicted octanol–water partition coefficient (Wildman–Crippen LogP) is 1.31. The maximum Gasteiger partial charge on any atom is 0.250 e. The van der Waals surface area contributed by atoms with Crippen molar-refractivity contribution in [3.05, 3.63) is 65.9 Å². The predicted molar refractivity (Wildman–Crippen MR) is 86.7 cm³/mol. The summed E-state index contributed by atoms with van der Waals surface area (Å²) in [5.41, 5.74) is 14.1. The molecule has 0 atom stereocenters. The maximum atomic E-state index is 11.6. The zero-order valence-corrected chi connectivity index (χ0v) is 11.7. The fourth-order valence-electron chi connectivity index (χ4n) is 2.46. The van der Waals surface area contributed by atoms with Crippen molar-refractivity contribution in [2.24, 2.45) is 22.4 Å². The summed E-state index contributed by atoms with van der Waals surface area (Å²) < 4.78 is 1.91. The molecule has 1 heterocycles. The molecule has 22 heavy (non-hydrogen) atoms. The van der Waals surface area contributed by atoms with Gasteiger partial charge in [0.05, 0.1) is 11.1 Å². The summed E-state index contributed by atoms with van der Waals surface area (Å²) in [5, 5.41) is 4.29. The Labute approximate surface area is 126 Å². The lowest BCUT2D eigenvalue weighted by molar-refractivity contribution is 0.100. The van der Waals surface area contributed by atoms with Crippen molar-refractivity contribution < 1.29 is 4.79 Å². The number of nitrogens with two attached hydrogens (primary N) is 3. The summed E-state index contributed by atoms with van der Waals surface area (Å²) in [4.78, 5) is 11.6. The Morgan fingerprint density at radius 3 is 2.32 bits per heavy atom. The Kier molecular flexibility index (Phi) is 3.27. The number of carbonyl (C=O) groups is 1. The number of benzene rings is 2. The number of hydrogen-bond donors (Lipinski definition) is 3. The molecule has 1 aromatic heterocycles. The first-order chi connectivity index (χ1) is 10.6. The minimum Gasteiger partial charge on any atom is -0.382 e. The number of hydrogen-bond acceptors (Lipinski definition) is 3. The van der Waals surface area contributed by atoms with E-state index in [1.807, 2.05) is 53.1 Å². The molecule has 0 saturated heterocycles. The molecule has 6 nitrogen and oxygen atoms in total. The second-order valence-corrected chi connectivity index (χ2v) is 4.86. The third kappa shape index (κ3) is 2.16. The van der Waals surface area contributed by atoms with Crippen LogP contribution in [-0.4, -0.2) is 16.3 Å². The molecule has 3 rings (SSSR count). The van der Waals surface area contributed by atoms with Crippen LogP contribution >= 0.6 is 0 Å². The molecule has 0 aliphatic carbocycles. The Bertz CT molecular complexity index is 877. The lowest BCUT2D eigenvalue weighted by Crippen LogP contribution is -2.15. The summed E-state index contributed by atoms with van der Waals surface area (Å²) in [6.45, 7) is 0. The van der Waals surface area contributed by atoms with Crippen molar-refractivity contribution >= 4 is 22.6 Å². The molecule has 6 N–H and O–H groups in total. The molecule has 0 fully saturated rings. The third-order valence-corrected chi connectivity index (χ3v) is 3.56. The average Bonchev–Trinajstić information content (AvgIpc) is 2.94. The van der Waals surface area contributed by atoms with E-state index in [2.05, 4.69) is 5.10 Å². The number of nitrogens with zero attached hydrogens (tertiary/aromatic N) is 2. The van der Waals surface area contributed by atoms with Gasteiger partial charge in [-0.3, -0.25) is 4.79 Å². The SMILES string of the molecule is N/N=C(\N)c1ccc(-n2cc(C(N)=O)c3ccccc32)cc1. The second-order valence-electron chi connectivity index (χ2n) is 4.86. The topological polar surface area (TPSA) is 112 Å². The maximum absolute atomic E-state index is 11.6. The highest BCUT2D eigenvalue weighted by Gasteiger charge is 2.13. The Balaban J connectivity index is 2.16. The molecule has 0 saturated carbocycles. The molecule has 0 radical (unpaired) electrons. The van der Waals surface area contributed by atoms with E-state index in [0.29, 0.717) is 5.56 Å². The van der Waals surface area contributed by atoms with E-state index in [4.69, 9.17) is 17.3 Å². The van der Waals surface area contributed by atoms with Crippen molar-refractivity contribution in [2.45, 2.75) is 0 Å². The van der Waals surface area contributed by atoms with Gasteiger partial charge in [-0.2, -0.15) is 5.10 Å². The first-order valence-electron chi connectivity index (χ1n) is 6.66. The highest BCUT2D eigenvalue weighted by Crippen LogP contribution is 2.24. The monoisotopic (exact) mass is 293 g/mol. The Hall–Kier alpha value is -3.28. The van der Waals surface area contributed by atoms with Crippen LogP contribution in [0.2, 0.25) is 0 Å². The quantitative estimate of drug-likeness (QED) is 0.293. The minimum atomic E-state index is -0.453. The lowest BCUT2D eigenvalue weighted by Gasteiger charge is -2.06. The Morgan fingerprint density at radius 1 is 1.00 bits per heavy atom. The smallest absolute Gasteiger partial charge is 0.250 e. The van der Waals surface area contributed by atoms with Gasteiger partial charge in [0.15, 0.2) is 0 Å². The molecule has 0 aliphatic rings. The van der Waals surface area contributed by atoms with Gasteiger partial charge >= 0.3 is 0 Å². The van der Waals surface area contributed by atoms with Gasteiger partial charge in [0, 0.05) is 22.8 Å². The van der Waals surface area contributed by atoms with E-state index in [9.17, 15) is 4.79 Å². The molecule has 2 aromatic carbocycles. The van der Waals surface area contributed by atoms with E-state index < -0.39 is 5.91 Å². The van der Waals surface area contributed by atoms with Crippen LogP contribution in [-0.2, 0) is 0 Å². The van der Waals surface area contributed by atoms with Gasteiger partial charge in [0.1, 0.15) is 5.84 Å². The van der Waals surface area contributed by atoms with Gasteiger partial charge in [-0.1, -0.05) is 18.2 Å². The van der Waals surface area contributed by atoms with Gasteiger partial charge in [0.25, 0.3) is 5.91 Å². The van der Waals surface area contributed by atoms with Crippen LogP contribution in [0.15, 0.2) is 59.8 Å². The lowest BCUT2D eigenvalue weighted by atomic mass is 10.1. The van der Waals surface area contributed by atoms with Gasteiger partial charge in [0.2, 0.25) is 0 Å². The zero-order chi connectivity index (χ0) is 15.7. The van der Waals surface area contributed by atoms with Crippen LogP contribution in [0.1, 0.15) is 15.9 Å². The van der Waals surface area contributed by atoms with Crippen LogP contribution < -0.4 is 17.3 Å². The standard InChI is InChI=1S/C16H15N5O/c17-15(20-19)10-5-7-11(8-6-10)21-9-13(16(18)22)12-3-1-2-4-14(12)21/h1-9H,19H2,(H2,17,20)(H2,18,22). The molecule has 110 valence electrons. The molecule has 0 unspecified atom stereocenters. The van der Waals surface area contributed by atoms with Crippen molar-refractivity contribution in [1.82, 2.24) is 4.57 Å². The fourth-order valence-corrected chi connectivity index (χ4v) is 2.46. The normalized spacial score (nSPS) is 11.7. The van der Waals surface area contributed by atoms with Crippen LogP contribution in [0.25, 0.3) is 16.6 Å². The minimum absolute atomic E-state index is 0.265. The molecule has 0 aliphatic heterocycles. The van der Waals surface area contributed by atoms with Gasteiger partial charge < -0.3 is 21.9 Å². The largest absolute Gasteiger partial charge is 0.382 e. The number of hydrazone groups is 1. The summed E-state index contributed by atoms with van der Waals surface area (Å²) in [6.07, 6.45) is 1.74. The first-order valence-corrected chi connectivity index (χ1v) is 6.66. The van der Waals surface area contributed by atoms with Crippen molar-refractivity contribution in [3.8, 4) is 5.69 Å². The van der Waals surface area contributed by atoms with Crippen LogP contribution in [0, 0.1) is 0 Å². The van der Waals surface area contributed by atoms with Crippen LogP contribution in [0.5, 0.6) is 0 Å².